The van der Waals surface area contributed by atoms with Gasteiger partial charge in [0.1, 0.15) is 0 Å². The minimum absolute atomic E-state index is 0.0431. The van der Waals surface area contributed by atoms with Crippen molar-refractivity contribution < 1.29 is 4.79 Å². The van der Waals surface area contributed by atoms with Gasteiger partial charge in [0.25, 0.3) is 0 Å². The van der Waals surface area contributed by atoms with Crippen molar-refractivity contribution >= 4 is 5.78 Å². The molecule has 2 saturated carbocycles. The van der Waals surface area contributed by atoms with Gasteiger partial charge in [0.2, 0.25) is 0 Å². The van der Waals surface area contributed by atoms with Gasteiger partial charge in [-0.1, -0.05) is 20.3 Å². The molecule has 1 unspecified atom stereocenters. The SMILES string of the molecule is CC1N=NC2=C1C1(CC3(CCC3)C1)C1=C(CC(C)(C)CC1=O)N2. The molecule has 4 nitrogen and oxygen atoms in total. The van der Waals surface area contributed by atoms with Gasteiger partial charge in [-0.25, -0.2) is 0 Å². The van der Waals surface area contributed by atoms with Gasteiger partial charge in [0, 0.05) is 28.7 Å². The van der Waals surface area contributed by atoms with Crippen LogP contribution in [-0.2, 0) is 4.79 Å². The highest BCUT2D eigenvalue weighted by atomic mass is 16.1. The maximum Gasteiger partial charge on any atom is 0.162 e. The average molecular weight is 311 g/mol. The largest absolute Gasteiger partial charge is 0.342 e. The second kappa shape index (κ2) is 3.96. The maximum absolute atomic E-state index is 13.1. The van der Waals surface area contributed by atoms with Crippen LogP contribution in [0.5, 0.6) is 0 Å². The topological polar surface area (TPSA) is 53.8 Å². The molecular formula is C19H25N3O. The number of carbonyl (C=O) groups is 1. The molecule has 4 heteroatoms. The Hall–Kier alpha value is -1.45. The molecule has 122 valence electrons. The number of azo groups is 1. The number of hydrogen-bond acceptors (Lipinski definition) is 4. The number of fused-ring (bicyclic) bond motifs is 2. The number of carbonyl (C=O) groups excluding carboxylic acids is 1. The molecule has 0 aromatic carbocycles. The Balaban J connectivity index is 1.63. The Kier molecular flexibility index (Phi) is 2.40. The molecule has 1 N–H and O–H groups in total. The predicted molar refractivity (Wildman–Crippen MR) is 87.5 cm³/mol. The van der Waals surface area contributed by atoms with Crippen LogP contribution in [0.3, 0.4) is 0 Å². The lowest BCUT2D eigenvalue weighted by atomic mass is 9.40. The summed E-state index contributed by atoms with van der Waals surface area (Å²) in [6.07, 6.45) is 7.97. The molecule has 5 rings (SSSR count). The quantitative estimate of drug-likeness (QED) is 0.727. The molecule has 2 spiro atoms. The lowest BCUT2D eigenvalue weighted by Crippen LogP contribution is -2.57. The molecule has 2 fully saturated rings. The van der Waals surface area contributed by atoms with Gasteiger partial charge in [0.15, 0.2) is 11.6 Å². The number of dihydropyridines is 1. The van der Waals surface area contributed by atoms with Crippen LogP contribution >= 0.6 is 0 Å². The molecule has 23 heavy (non-hydrogen) atoms. The summed E-state index contributed by atoms with van der Waals surface area (Å²) in [4.78, 5) is 13.1. The standard InChI is InChI=1S/C19H25N3O/c1-11-14-16(22-21-11)20-12-7-17(2,3)8-13(23)15(12)19(14)9-18(10-19)5-4-6-18/h11,20H,4-10H2,1-3H3. The molecule has 2 heterocycles. The van der Waals surface area contributed by atoms with Gasteiger partial charge < -0.3 is 5.32 Å². The van der Waals surface area contributed by atoms with Crippen LogP contribution in [0.4, 0.5) is 0 Å². The summed E-state index contributed by atoms with van der Waals surface area (Å²) >= 11 is 0. The first-order valence-electron chi connectivity index (χ1n) is 9.04. The summed E-state index contributed by atoms with van der Waals surface area (Å²) in [5.74, 6) is 1.32. The number of rotatable bonds is 0. The number of ketones is 1. The van der Waals surface area contributed by atoms with Crippen LogP contribution in [0.25, 0.3) is 0 Å². The van der Waals surface area contributed by atoms with Gasteiger partial charge in [-0.05, 0) is 49.9 Å². The van der Waals surface area contributed by atoms with E-state index in [-0.39, 0.29) is 16.9 Å². The summed E-state index contributed by atoms with van der Waals surface area (Å²) in [6, 6.07) is 0.117. The van der Waals surface area contributed by atoms with E-state index in [1.54, 1.807) is 0 Å². The van der Waals surface area contributed by atoms with E-state index >= 15 is 0 Å². The fraction of sp³-hybridized carbons (Fsp3) is 0.737. The third kappa shape index (κ3) is 1.65. The van der Waals surface area contributed by atoms with E-state index in [0.29, 0.717) is 17.6 Å². The number of Topliss-reactive ketones (excluding diaryl/α,β-unsaturated/α-hetero) is 1. The lowest BCUT2D eigenvalue weighted by Gasteiger charge is -2.64. The highest BCUT2D eigenvalue weighted by Crippen LogP contribution is 2.72. The van der Waals surface area contributed by atoms with Gasteiger partial charge in [0.05, 0.1) is 6.04 Å². The van der Waals surface area contributed by atoms with Crippen molar-refractivity contribution in [1.82, 2.24) is 5.32 Å². The van der Waals surface area contributed by atoms with Gasteiger partial charge in [-0.3, -0.25) is 4.79 Å². The summed E-state index contributed by atoms with van der Waals surface area (Å²) in [7, 11) is 0. The van der Waals surface area contributed by atoms with Crippen LogP contribution in [0.1, 0.15) is 65.7 Å². The number of allylic oxidation sites excluding steroid dienone is 2. The molecular weight excluding hydrogens is 286 g/mol. The number of nitrogens with one attached hydrogen (secondary N) is 1. The highest BCUT2D eigenvalue weighted by Gasteiger charge is 2.65. The Morgan fingerprint density at radius 2 is 1.91 bits per heavy atom. The lowest BCUT2D eigenvalue weighted by molar-refractivity contribution is -0.123. The summed E-state index contributed by atoms with van der Waals surface area (Å²) in [5, 5.41) is 12.3. The number of nitrogens with zero attached hydrogens (tertiary/aromatic N) is 2. The molecule has 2 aliphatic heterocycles. The van der Waals surface area contributed by atoms with Gasteiger partial charge in [-0.2, -0.15) is 5.11 Å². The molecule has 0 amide bonds. The Morgan fingerprint density at radius 3 is 2.57 bits per heavy atom. The van der Waals surface area contributed by atoms with E-state index in [4.69, 9.17) is 0 Å². The van der Waals surface area contributed by atoms with Crippen molar-refractivity contribution in [3.8, 4) is 0 Å². The van der Waals surface area contributed by atoms with E-state index < -0.39 is 0 Å². The normalized spacial score (nSPS) is 34.9. The van der Waals surface area contributed by atoms with Crippen molar-refractivity contribution in [2.75, 3.05) is 0 Å². The predicted octanol–water partition coefficient (Wildman–Crippen LogP) is 4.25. The fourth-order valence-corrected chi connectivity index (χ4v) is 6.06. The molecule has 0 bridgehead atoms. The van der Waals surface area contributed by atoms with Crippen LogP contribution < -0.4 is 5.32 Å². The average Bonchev–Trinajstić information content (AvgIpc) is 2.71. The number of hydrogen-bond donors (Lipinski definition) is 1. The third-order valence-electron chi connectivity index (χ3n) is 6.91. The first-order valence-corrected chi connectivity index (χ1v) is 9.04. The van der Waals surface area contributed by atoms with Crippen LogP contribution in [0, 0.1) is 16.2 Å². The van der Waals surface area contributed by atoms with Crippen molar-refractivity contribution in [2.24, 2.45) is 26.5 Å². The first-order chi connectivity index (χ1) is 10.8. The van der Waals surface area contributed by atoms with E-state index in [1.807, 2.05) is 0 Å². The minimum Gasteiger partial charge on any atom is -0.342 e. The first kappa shape index (κ1) is 13.9. The molecule has 0 radical (unpaired) electrons. The molecule has 3 aliphatic carbocycles. The smallest absolute Gasteiger partial charge is 0.162 e. The molecule has 0 saturated heterocycles. The Morgan fingerprint density at radius 1 is 1.17 bits per heavy atom. The molecule has 1 atom stereocenters. The Bertz CT molecular complexity index is 713. The van der Waals surface area contributed by atoms with Crippen molar-refractivity contribution in [3.05, 3.63) is 22.7 Å². The molecule has 0 aromatic rings. The van der Waals surface area contributed by atoms with E-state index in [1.165, 1.54) is 24.8 Å². The summed E-state index contributed by atoms with van der Waals surface area (Å²) in [6.45, 7) is 6.52. The van der Waals surface area contributed by atoms with Gasteiger partial charge in [-0.15, -0.1) is 5.11 Å². The fourth-order valence-electron chi connectivity index (χ4n) is 6.06. The van der Waals surface area contributed by atoms with Gasteiger partial charge >= 0.3 is 0 Å². The van der Waals surface area contributed by atoms with E-state index in [2.05, 4.69) is 36.3 Å². The minimum atomic E-state index is -0.0488. The van der Waals surface area contributed by atoms with Crippen LogP contribution in [-0.4, -0.2) is 11.8 Å². The second-order valence-corrected chi connectivity index (χ2v) is 9.36. The van der Waals surface area contributed by atoms with Crippen molar-refractivity contribution in [1.29, 1.82) is 0 Å². The third-order valence-corrected chi connectivity index (χ3v) is 6.91. The zero-order chi connectivity index (χ0) is 16.0. The zero-order valence-electron chi connectivity index (χ0n) is 14.3. The molecule has 5 aliphatic rings. The van der Waals surface area contributed by atoms with Crippen molar-refractivity contribution in [2.45, 2.75) is 71.8 Å². The zero-order valence-corrected chi connectivity index (χ0v) is 14.3. The second-order valence-electron chi connectivity index (χ2n) is 9.36. The summed E-state index contributed by atoms with van der Waals surface area (Å²) in [5.41, 5.74) is 4.07. The highest BCUT2D eigenvalue weighted by molar-refractivity contribution is 6.00. The van der Waals surface area contributed by atoms with Crippen LogP contribution in [0.2, 0.25) is 0 Å². The maximum atomic E-state index is 13.1. The summed E-state index contributed by atoms with van der Waals surface area (Å²) < 4.78 is 0. The van der Waals surface area contributed by atoms with E-state index in [9.17, 15) is 4.79 Å². The van der Waals surface area contributed by atoms with E-state index in [0.717, 1.165) is 36.4 Å². The Labute approximate surface area is 137 Å². The van der Waals surface area contributed by atoms with Crippen LogP contribution in [0.15, 0.2) is 32.9 Å². The van der Waals surface area contributed by atoms with Crippen molar-refractivity contribution in [3.63, 3.8) is 0 Å². The monoisotopic (exact) mass is 311 g/mol. The molecule has 0 aromatic heterocycles.